The Morgan fingerprint density at radius 2 is 0.921 bits per heavy atom. The fourth-order valence-electron chi connectivity index (χ4n) is 4.50. The number of aliphatic imine (C=N–C) groups is 2. The summed E-state index contributed by atoms with van der Waals surface area (Å²) in [5, 5.41) is 36.9. The molecule has 12 nitrogen and oxygen atoms in total. The molecule has 6 heterocycles. The Hall–Kier alpha value is -5.95. The fourth-order valence-corrected chi connectivity index (χ4v) is 4.50. The molecule has 4 aromatic heterocycles. The second-order valence-corrected chi connectivity index (χ2v) is 11.0. The van der Waals surface area contributed by atoms with Crippen molar-refractivity contribution in [2.45, 2.75) is 27.7 Å². The number of Topliss-reactive ketones (excluding diaryl/α,β-unsaturated/α-hetero) is 2. The maximum atomic E-state index is 10.3. The molecule has 0 aliphatic carbocycles. The minimum atomic E-state index is -3.67. The van der Waals surface area contributed by atoms with Crippen LogP contribution in [-0.2, 0) is 66.1 Å². The third-order valence-corrected chi connectivity index (χ3v) is 6.81. The summed E-state index contributed by atoms with van der Waals surface area (Å²) in [6.45, 7) is 4.78. The summed E-state index contributed by atoms with van der Waals surface area (Å²) < 4.78 is 58.0. The van der Waals surface area contributed by atoms with Gasteiger partial charge in [-0.25, -0.2) is 0 Å². The number of nitrogens with zero attached hydrogens (tertiary/aromatic N) is 8. The summed E-state index contributed by atoms with van der Waals surface area (Å²) in [5.74, 6) is -1.87. The van der Waals surface area contributed by atoms with Crippen molar-refractivity contribution in [3.05, 3.63) is 167 Å². The van der Waals surface area contributed by atoms with Gasteiger partial charge in [0.2, 0.25) is 0 Å². The smallest absolute Gasteiger partial charge is 0.875 e. The predicted molar refractivity (Wildman–Crippen MR) is 211 cm³/mol. The van der Waals surface area contributed by atoms with Crippen LogP contribution in [0.1, 0.15) is 50.2 Å². The number of aromatic nitrogens is 4. The van der Waals surface area contributed by atoms with Gasteiger partial charge in [-0.05, 0) is 84.7 Å². The third-order valence-electron chi connectivity index (χ3n) is 6.81. The first-order chi connectivity index (χ1) is 28.5. The summed E-state index contributed by atoms with van der Waals surface area (Å²) >= 11 is 0. The number of carbonyl (C=O) groups excluding carboxylic acids is 2. The Morgan fingerprint density at radius 1 is 0.619 bits per heavy atom. The van der Waals surface area contributed by atoms with Crippen molar-refractivity contribution >= 4 is 50.2 Å². The van der Waals surface area contributed by atoms with Gasteiger partial charge in [0.05, 0.1) is 22.5 Å². The summed E-state index contributed by atoms with van der Waals surface area (Å²) in [7, 11) is -7.33. The summed E-state index contributed by atoms with van der Waals surface area (Å²) in [5.41, 5.74) is 7.44. The van der Waals surface area contributed by atoms with Crippen molar-refractivity contribution in [2.75, 3.05) is 0 Å². The van der Waals surface area contributed by atoms with Crippen LogP contribution in [-0.4, -0.2) is 49.1 Å². The molecule has 2 aliphatic rings. The molecule has 4 aromatic rings. The maximum Gasteiger partial charge on any atom is 2.00 e. The van der Waals surface area contributed by atoms with E-state index < -0.39 is 38.2 Å². The van der Waals surface area contributed by atoms with Crippen molar-refractivity contribution in [3.8, 4) is 12.1 Å². The molecule has 2 aliphatic heterocycles. The van der Waals surface area contributed by atoms with Gasteiger partial charge >= 0.3 is 71.6 Å². The van der Waals surface area contributed by atoms with Crippen molar-refractivity contribution < 1.29 is 102 Å². The first kappa shape index (κ1) is 61.3. The molecule has 0 saturated carbocycles. The molecular formula is C40H32AgB2Cu2F6N8O4. The third kappa shape index (κ3) is 24.3. The Kier molecular flexibility index (Phi) is 33.7. The Labute approximate surface area is 397 Å². The predicted octanol–water partition coefficient (Wildman–Crippen LogP) is 6.10. The first-order valence-corrected chi connectivity index (χ1v) is 16.8. The van der Waals surface area contributed by atoms with Gasteiger partial charge in [-0.1, -0.05) is 38.1 Å². The zero-order valence-electron chi connectivity index (χ0n) is 33.1. The average molecular weight is 1060 g/mol. The van der Waals surface area contributed by atoms with E-state index in [9.17, 15) is 45.7 Å². The van der Waals surface area contributed by atoms with Crippen LogP contribution in [0, 0.1) is 22.7 Å². The van der Waals surface area contributed by atoms with Crippen LogP contribution in [0.4, 0.5) is 25.9 Å². The van der Waals surface area contributed by atoms with Crippen LogP contribution < -0.4 is 20.2 Å². The monoisotopic (exact) mass is 1060 g/mol. The van der Waals surface area contributed by atoms with E-state index in [2.05, 4.69) is 29.9 Å². The molecule has 0 amide bonds. The fraction of sp³-hybridized carbons (Fsp3) is 0.100. The number of nitriles is 2. The van der Waals surface area contributed by atoms with Crippen LogP contribution >= 0.6 is 0 Å². The van der Waals surface area contributed by atoms with Crippen LogP contribution in [0.5, 0.6) is 0 Å². The van der Waals surface area contributed by atoms with Gasteiger partial charge in [0.1, 0.15) is 12.1 Å². The van der Waals surface area contributed by atoms with Gasteiger partial charge in [0, 0.05) is 37.2 Å². The van der Waals surface area contributed by atoms with Gasteiger partial charge in [0.25, 0.3) is 0 Å². The molecule has 0 atom stereocenters. The number of allylic oxidation sites excluding steroid dienone is 8. The van der Waals surface area contributed by atoms with Gasteiger partial charge in [-0.2, -0.15) is 22.9 Å². The molecule has 63 heavy (non-hydrogen) atoms. The molecule has 0 bridgehead atoms. The molecule has 0 spiro atoms. The number of rotatable bonds is 6. The van der Waals surface area contributed by atoms with E-state index in [4.69, 9.17) is 10.5 Å². The number of hydrogen-bond acceptors (Lipinski definition) is 10. The molecule has 0 fully saturated rings. The zero-order valence-corrected chi connectivity index (χ0v) is 36.5. The molecule has 23 heteroatoms. The van der Waals surface area contributed by atoms with E-state index >= 15 is 0 Å². The average Bonchev–Trinajstić information content (AvgIpc) is 4.04. The number of pyridine rings is 2. The second-order valence-electron chi connectivity index (χ2n) is 11.0. The zero-order chi connectivity index (χ0) is 45.0. The first-order valence-electron chi connectivity index (χ1n) is 16.8. The van der Waals surface area contributed by atoms with E-state index in [-0.39, 0.29) is 67.7 Å². The van der Waals surface area contributed by atoms with Crippen LogP contribution in [0.2, 0.25) is 0 Å². The van der Waals surface area contributed by atoms with Gasteiger partial charge in [-0.3, -0.25) is 55.4 Å². The number of hydrogen-bond donors (Lipinski definition) is 0. The Morgan fingerprint density at radius 3 is 1.10 bits per heavy atom. The Bertz CT molecular complexity index is 2130. The normalized spacial score (nSPS) is 13.1. The number of halogens is 6. The van der Waals surface area contributed by atoms with Crippen LogP contribution in [0.3, 0.4) is 0 Å². The minimum Gasteiger partial charge on any atom is -0.875 e. The molecule has 0 aromatic carbocycles. The van der Waals surface area contributed by atoms with Crippen molar-refractivity contribution in [1.29, 1.82) is 10.5 Å². The summed E-state index contributed by atoms with van der Waals surface area (Å²) in [6, 6.07) is 18.8. The van der Waals surface area contributed by atoms with E-state index in [1.54, 1.807) is 49.6 Å². The molecule has 0 N–H and O–H groups in total. The van der Waals surface area contributed by atoms with E-state index in [1.807, 2.05) is 72.8 Å². The summed E-state index contributed by atoms with van der Waals surface area (Å²) in [6.07, 6.45) is 22.1. The molecule has 6 rings (SSSR count). The van der Waals surface area contributed by atoms with Gasteiger partial charge in [-0.15, -0.1) is 22.9 Å². The van der Waals surface area contributed by atoms with E-state index in [0.29, 0.717) is 0 Å². The molecular weight excluding hydrogens is 1030 g/mol. The van der Waals surface area contributed by atoms with Gasteiger partial charge in [0.15, 0.2) is 11.6 Å². The van der Waals surface area contributed by atoms with Crippen molar-refractivity contribution in [2.24, 2.45) is 9.98 Å². The van der Waals surface area contributed by atoms with E-state index in [1.165, 1.54) is 39.8 Å². The topological polar surface area (TPSA) is 207 Å². The van der Waals surface area contributed by atoms with Crippen molar-refractivity contribution in [1.82, 2.24) is 19.9 Å². The second kappa shape index (κ2) is 34.6. The number of ketones is 2. The number of carbonyl (C=O) groups is 2. The van der Waals surface area contributed by atoms with Gasteiger partial charge < -0.3 is 20.2 Å². The van der Waals surface area contributed by atoms with Crippen LogP contribution in [0.25, 0.3) is 11.1 Å². The summed E-state index contributed by atoms with van der Waals surface area (Å²) in [4.78, 5) is 46.2. The van der Waals surface area contributed by atoms with E-state index in [0.717, 1.165) is 45.1 Å². The molecule has 0 saturated heterocycles. The SMILES string of the molecule is C1=C/C(=C(\c2ccncc2)c2ccc[n-]2)N=C1.C1=C/C(=C(\c2ccncc2)c2ccc[n-]2)N=C1.CC(=O)/C(C#N)=C(/C)[O-].CC(=O)/C(C#N)=C(/C)[O-].FB(F)F.FB(F)F.[Ag+].[Cu+2].[Cu+]. The minimum absolute atomic E-state index is 0. The quantitative estimate of drug-likeness (QED) is 0.0714. The van der Waals surface area contributed by atoms with Crippen LogP contribution in [0.15, 0.2) is 154 Å². The molecule has 1 radical (unpaired) electrons. The largest absolute Gasteiger partial charge is 2.00 e. The molecule has 337 valence electrons. The standard InChI is InChI=1S/2C14H10N3.2C6H7NO2.Ag.2BF3.2Cu/c2*1-3-12(16-7-1)14(13-4-2-8-17-13)11-5-9-15-10-6-11;2*1-4(8)6(3-7)5(2)9;;2*2-1(3)4;;/h2*1-10H;2*8H,1-2H3;;;;;/q2*-1;;;+1;;;+1;+2/p-2/b2*14-12-;2*6-4-;;;;;. The molecule has 0 unspecified atom stereocenters. The Balaban J connectivity index is -0.000000734. The maximum absolute atomic E-state index is 10.3. The van der Waals surface area contributed by atoms with Crippen molar-refractivity contribution in [3.63, 3.8) is 0 Å².